The summed E-state index contributed by atoms with van der Waals surface area (Å²) in [6, 6.07) is 13.5. The number of hydrogen-bond donors (Lipinski definition) is 1. The summed E-state index contributed by atoms with van der Waals surface area (Å²) in [7, 11) is -3.37. The minimum Gasteiger partial charge on any atom is -0.454 e. The highest BCUT2D eigenvalue weighted by Gasteiger charge is 2.19. The molecule has 0 saturated carbocycles. The predicted molar refractivity (Wildman–Crippen MR) is 128 cm³/mol. The fourth-order valence-corrected chi connectivity index (χ4v) is 4.28. The number of benzene rings is 3. The molecule has 0 aliphatic carbocycles. The minimum atomic E-state index is -3.37. The van der Waals surface area contributed by atoms with Gasteiger partial charge < -0.3 is 10.1 Å². The lowest BCUT2D eigenvalue weighted by Crippen LogP contribution is -2.23. The molecule has 1 N–H and O–H groups in total. The monoisotopic (exact) mass is 509 g/mol. The predicted octanol–water partition coefficient (Wildman–Crippen LogP) is 6.38. The van der Waals surface area contributed by atoms with E-state index < -0.39 is 21.6 Å². The molecule has 3 aromatic rings. The fourth-order valence-electron chi connectivity index (χ4n) is 3.06. The van der Waals surface area contributed by atoms with Crippen LogP contribution >= 0.6 is 23.2 Å². The molecule has 0 aliphatic heterocycles. The highest BCUT2D eigenvalue weighted by molar-refractivity contribution is 7.90. The quantitative estimate of drug-likeness (QED) is 0.400. The molecular weight excluding hydrogens is 488 g/mol. The number of carbonyl (C=O) groups excluding carboxylic acids is 1. The molecule has 3 rings (SSSR count). The Labute approximate surface area is 202 Å². The number of halogens is 3. The van der Waals surface area contributed by atoms with Crippen molar-refractivity contribution in [3.05, 3.63) is 87.2 Å². The second-order valence-corrected chi connectivity index (χ2v) is 10.6. The number of amides is 1. The van der Waals surface area contributed by atoms with Crippen LogP contribution in [-0.4, -0.2) is 20.6 Å². The zero-order valence-corrected chi connectivity index (χ0v) is 20.5. The summed E-state index contributed by atoms with van der Waals surface area (Å²) in [6.07, 6.45) is 1.11. The van der Waals surface area contributed by atoms with Gasteiger partial charge in [-0.05, 0) is 53.4 Å². The lowest BCUT2D eigenvalue weighted by molar-refractivity contribution is 0.0950. The van der Waals surface area contributed by atoms with Crippen LogP contribution in [0.2, 0.25) is 10.0 Å². The van der Waals surface area contributed by atoms with Crippen LogP contribution in [0.5, 0.6) is 11.5 Å². The molecule has 9 heteroatoms. The maximum atomic E-state index is 14.0. The number of hydrogen-bond acceptors (Lipinski definition) is 4. The van der Waals surface area contributed by atoms with Crippen LogP contribution in [0.25, 0.3) is 0 Å². The lowest BCUT2D eigenvalue weighted by Gasteiger charge is -2.15. The summed E-state index contributed by atoms with van der Waals surface area (Å²) in [5.41, 5.74) is 1.45. The van der Waals surface area contributed by atoms with E-state index in [1.54, 1.807) is 18.2 Å². The first kappa shape index (κ1) is 25.0. The highest BCUT2D eigenvalue weighted by Crippen LogP contribution is 2.39. The van der Waals surface area contributed by atoms with E-state index in [1.165, 1.54) is 36.4 Å². The van der Waals surface area contributed by atoms with Gasteiger partial charge in [0.05, 0.1) is 20.5 Å². The van der Waals surface area contributed by atoms with Crippen LogP contribution in [0, 0.1) is 5.82 Å². The van der Waals surface area contributed by atoms with Crippen molar-refractivity contribution in [3.63, 3.8) is 0 Å². The van der Waals surface area contributed by atoms with E-state index in [4.69, 9.17) is 27.9 Å². The Hall–Kier alpha value is -2.61. The SMILES string of the molecule is CC(C)c1cc(F)cc(Oc2c(Cl)ccc(C(=O)NCc3cccc(S(C)(=O)=O)c3)c2Cl)c1. The van der Waals surface area contributed by atoms with Crippen molar-refractivity contribution < 1.29 is 22.3 Å². The van der Waals surface area contributed by atoms with E-state index in [-0.39, 0.29) is 44.5 Å². The molecule has 0 heterocycles. The normalized spacial score (nSPS) is 11.5. The van der Waals surface area contributed by atoms with Crippen LogP contribution in [0.3, 0.4) is 0 Å². The van der Waals surface area contributed by atoms with Gasteiger partial charge in [-0.2, -0.15) is 0 Å². The molecule has 33 heavy (non-hydrogen) atoms. The zero-order valence-electron chi connectivity index (χ0n) is 18.2. The molecule has 0 atom stereocenters. The summed E-state index contributed by atoms with van der Waals surface area (Å²) in [5, 5.41) is 2.83. The molecule has 0 saturated heterocycles. The first-order valence-electron chi connectivity index (χ1n) is 9.99. The molecule has 0 spiro atoms. The van der Waals surface area contributed by atoms with Crippen LogP contribution < -0.4 is 10.1 Å². The van der Waals surface area contributed by atoms with E-state index in [0.29, 0.717) is 5.56 Å². The van der Waals surface area contributed by atoms with E-state index in [9.17, 15) is 17.6 Å². The molecular formula is C24H22Cl2FNO4S. The summed E-state index contributed by atoms with van der Waals surface area (Å²) in [6.45, 7) is 3.93. The Morgan fingerprint density at radius 1 is 1.09 bits per heavy atom. The van der Waals surface area contributed by atoms with Crippen molar-refractivity contribution in [2.45, 2.75) is 31.2 Å². The van der Waals surface area contributed by atoms with Crippen molar-refractivity contribution in [1.29, 1.82) is 0 Å². The number of nitrogens with one attached hydrogen (secondary N) is 1. The van der Waals surface area contributed by atoms with E-state index in [1.807, 2.05) is 13.8 Å². The molecule has 0 unspecified atom stereocenters. The van der Waals surface area contributed by atoms with E-state index in [0.717, 1.165) is 11.8 Å². The van der Waals surface area contributed by atoms with Crippen LogP contribution in [0.4, 0.5) is 4.39 Å². The molecule has 1 amide bonds. The van der Waals surface area contributed by atoms with Gasteiger partial charge in [0.2, 0.25) is 0 Å². The Morgan fingerprint density at radius 3 is 2.48 bits per heavy atom. The molecule has 0 radical (unpaired) electrons. The third-order valence-electron chi connectivity index (χ3n) is 4.85. The Bertz CT molecular complexity index is 1310. The smallest absolute Gasteiger partial charge is 0.253 e. The zero-order chi connectivity index (χ0) is 24.3. The van der Waals surface area contributed by atoms with Gasteiger partial charge in [-0.25, -0.2) is 12.8 Å². The second kappa shape index (κ2) is 10.1. The van der Waals surface area contributed by atoms with Crippen molar-refractivity contribution >= 4 is 38.9 Å². The van der Waals surface area contributed by atoms with E-state index in [2.05, 4.69) is 5.32 Å². The lowest BCUT2D eigenvalue weighted by atomic mass is 10.0. The summed E-state index contributed by atoms with van der Waals surface area (Å²) in [5.74, 6) is -0.655. The van der Waals surface area contributed by atoms with Gasteiger partial charge >= 0.3 is 0 Å². The van der Waals surface area contributed by atoms with Gasteiger partial charge in [-0.15, -0.1) is 0 Å². The maximum Gasteiger partial charge on any atom is 0.253 e. The van der Waals surface area contributed by atoms with Crippen LogP contribution in [-0.2, 0) is 16.4 Å². The molecule has 5 nitrogen and oxygen atoms in total. The third kappa shape index (κ3) is 6.25. The molecule has 0 fully saturated rings. The van der Waals surface area contributed by atoms with E-state index >= 15 is 0 Å². The van der Waals surface area contributed by atoms with Crippen LogP contribution in [0.1, 0.15) is 41.3 Å². The second-order valence-electron chi connectivity index (χ2n) is 7.82. The minimum absolute atomic E-state index is 0.0276. The molecule has 3 aromatic carbocycles. The Morgan fingerprint density at radius 2 is 1.82 bits per heavy atom. The van der Waals surface area contributed by atoms with Crippen LogP contribution in [0.15, 0.2) is 59.5 Å². The first-order chi connectivity index (χ1) is 15.5. The van der Waals surface area contributed by atoms with Gasteiger partial charge in [-0.3, -0.25) is 4.79 Å². The number of carbonyl (C=O) groups is 1. The van der Waals surface area contributed by atoms with Crippen molar-refractivity contribution in [1.82, 2.24) is 5.32 Å². The van der Waals surface area contributed by atoms with Gasteiger partial charge in [0.15, 0.2) is 15.6 Å². The molecule has 0 aliphatic rings. The molecule has 0 bridgehead atoms. The number of ether oxygens (including phenoxy) is 1. The fraction of sp³-hybridized carbons (Fsp3) is 0.208. The van der Waals surface area contributed by atoms with Crippen molar-refractivity contribution in [2.75, 3.05) is 6.26 Å². The molecule has 174 valence electrons. The summed E-state index contributed by atoms with van der Waals surface area (Å²) in [4.78, 5) is 12.9. The van der Waals surface area contributed by atoms with Gasteiger partial charge in [0.1, 0.15) is 11.6 Å². The van der Waals surface area contributed by atoms with Gasteiger partial charge in [0.25, 0.3) is 5.91 Å². The standard InChI is InChI=1S/C24H22Cl2FNO4S/c1-14(2)16-10-17(27)12-18(11-16)32-23-21(25)8-7-20(22(23)26)24(29)28-13-15-5-4-6-19(9-15)33(3,30)31/h4-12,14H,13H2,1-3H3,(H,28,29). The number of sulfone groups is 1. The van der Waals surface area contributed by atoms with Gasteiger partial charge in [-0.1, -0.05) is 49.2 Å². The maximum absolute atomic E-state index is 14.0. The average molecular weight is 510 g/mol. The largest absolute Gasteiger partial charge is 0.454 e. The van der Waals surface area contributed by atoms with Gasteiger partial charge in [0, 0.05) is 18.9 Å². The topological polar surface area (TPSA) is 72.5 Å². The van der Waals surface area contributed by atoms with Crippen molar-refractivity contribution in [2.24, 2.45) is 0 Å². The summed E-state index contributed by atoms with van der Waals surface area (Å²) < 4.78 is 43.2. The molecule has 0 aromatic heterocycles. The summed E-state index contributed by atoms with van der Waals surface area (Å²) >= 11 is 12.7. The number of rotatable bonds is 7. The first-order valence-corrected chi connectivity index (χ1v) is 12.6. The third-order valence-corrected chi connectivity index (χ3v) is 6.64. The Kier molecular flexibility index (Phi) is 7.67. The Balaban J connectivity index is 1.83. The van der Waals surface area contributed by atoms with Crippen molar-refractivity contribution in [3.8, 4) is 11.5 Å². The highest BCUT2D eigenvalue weighted by atomic mass is 35.5. The average Bonchev–Trinajstić information content (AvgIpc) is 2.74.